The summed E-state index contributed by atoms with van der Waals surface area (Å²) >= 11 is 0. The second-order valence-corrected chi connectivity index (χ2v) is 2.90. The number of carbonyl (C=O) groups is 1. The Kier molecular flexibility index (Phi) is 3.14. The Morgan fingerprint density at radius 3 is 2.93 bits per heavy atom. The van der Waals surface area contributed by atoms with Crippen molar-refractivity contribution >= 4 is 18.4 Å². The summed E-state index contributed by atoms with van der Waals surface area (Å²) in [6, 6.07) is 0. The molecule has 0 aliphatic carbocycles. The van der Waals surface area contributed by atoms with Gasteiger partial charge in [-0.05, 0) is 12.2 Å². The van der Waals surface area contributed by atoms with Crippen LogP contribution < -0.4 is 0 Å². The molecule has 0 bridgehead atoms. The number of halogens is 1. The zero-order valence-electron chi connectivity index (χ0n) is 7.38. The van der Waals surface area contributed by atoms with E-state index in [0.29, 0.717) is 12.0 Å². The van der Waals surface area contributed by atoms with Crippen molar-refractivity contribution in [3.8, 4) is 0 Å². The van der Waals surface area contributed by atoms with E-state index in [1.54, 1.807) is 6.20 Å². The molecular weight excluding hydrogens is 202 g/mol. The van der Waals surface area contributed by atoms with Gasteiger partial charge in [0.2, 0.25) is 0 Å². The summed E-state index contributed by atoms with van der Waals surface area (Å²) in [5.41, 5.74) is 1.45. The Morgan fingerprint density at radius 1 is 1.43 bits per heavy atom. The molecule has 0 aromatic rings. The smallest absolute Gasteiger partial charge is 0.333 e. The molecule has 2 aliphatic rings. The summed E-state index contributed by atoms with van der Waals surface area (Å²) in [5.74, 6) is -0.849. The fraction of sp³-hybridized carbons (Fsp3) is 0.100. The van der Waals surface area contributed by atoms with Crippen LogP contribution in [0.4, 0.5) is 0 Å². The van der Waals surface area contributed by atoms with Gasteiger partial charge < -0.3 is 10.0 Å². The average Bonchev–Trinajstić information content (AvgIpc) is 2.17. The quantitative estimate of drug-likeness (QED) is 0.722. The fourth-order valence-electron chi connectivity index (χ4n) is 1.34. The van der Waals surface area contributed by atoms with Crippen molar-refractivity contribution in [3.05, 3.63) is 48.0 Å². The van der Waals surface area contributed by atoms with Crippen LogP contribution in [0.5, 0.6) is 0 Å². The molecule has 0 unspecified atom stereocenters. The highest BCUT2D eigenvalue weighted by Gasteiger charge is 2.15. The molecule has 14 heavy (non-hydrogen) atoms. The van der Waals surface area contributed by atoms with Gasteiger partial charge in [-0.2, -0.15) is 0 Å². The normalized spacial score (nSPS) is 17.9. The Hall–Kier alpha value is -1.48. The third-order valence-corrected chi connectivity index (χ3v) is 2.02. The first-order valence-corrected chi connectivity index (χ1v) is 4.05. The highest BCUT2D eigenvalue weighted by Crippen LogP contribution is 2.21. The lowest BCUT2D eigenvalue weighted by molar-refractivity contribution is -0.132. The summed E-state index contributed by atoms with van der Waals surface area (Å²) in [6.45, 7) is 0. The number of hydrogen-bond donors (Lipinski definition) is 1. The number of nitrogens with zero attached hydrogens (tertiary/aromatic N) is 1. The lowest BCUT2D eigenvalue weighted by Crippen LogP contribution is -2.17. The van der Waals surface area contributed by atoms with Crippen molar-refractivity contribution in [3.63, 3.8) is 0 Å². The van der Waals surface area contributed by atoms with Gasteiger partial charge in [-0.15, -0.1) is 12.4 Å². The predicted octanol–water partition coefficient (Wildman–Crippen LogP) is 2.05. The number of fused-ring (bicyclic) bond motifs is 1. The van der Waals surface area contributed by atoms with Crippen LogP contribution in [0.3, 0.4) is 0 Å². The molecule has 0 radical (unpaired) electrons. The molecule has 0 saturated carbocycles. The van der Waals surface area contributed by atoms with Gasteiger partial charge in [-0.3, -0.25) is 0 Å². The largest absolute Gasteiger partial charge is 0.478 e. The molecule has 0 aromatic heterocycles. The van der Waals surface area contributed by atoms with E-state index < -0.39 is 5.97 Å². The van der Waals surface area contributed by atoms with Gasteiger partial charge in [0, 0.05) is 24.5 Å². The Labute approximate surface area is 88.1 Å². The first-order valence-electron chi connectivity index (χ1n) is 4.05. The lowest BCUT2D eigenvalue weighted by Gasteiger charge is -2.23. The number of aliphatic carboxylic acids is 1. The maximum absolute atomic E-state index is 10.7. The molecule has 3 nitrogen and oxygen atoms in total. The maximum Gasteiger partial charge on any atom is 0.333 e. The Bertz CT molecular complexity index is 366. The SMILES string of the molecule is Cl.O=C(O)C1=CN2C=CC=CC2=CC1. The molecule has 0 spiro atoms. The number of hydrogen-bond acceptors (Lipinski definition) is 2. The van der Waals surface area contributed by atoms with Gasteiger partial charge in [-0.25, -0.2) is 4.79 Å². The first kappa shape index (κ1) is 10.6. The summed E-state index contributed by atoms with van der Waals surface area (Å²) in [7, 11) is 0. The molecule has 1 N–H and O–H groups in total. The third kappa shape index (κ3) is 1.88. The highest BCUT2D eigenvalue weighted by molar-refractivity contribution is 5.87. The molecule has 4 heteroatoms. The summed E-state index contributed by atoms with van der Waals surface area (Å²) in [4.78, 5) is 12.5. The van der Waals surface area contributed by atoms with Gasteiger partial charge >= 0.3 is 5.97 Å². The molecule has 2 rings (SSSR count). The van der Waals surface area contributed by atoms with Crippen LogP contribution in [-0.4, -0.2) is 16.0 Å². The van der Waals surface area contributed by atoms with E-state index in [9.17, 15) is 4.79 Å². The first-order chi connectivity index (χ1) is 6.27. The van der Waals surface area contributed by atoms with E-state index in [-0.39, 0.29) is 12.4 Å². The second-order valence-electron chi connectivity index (χ2n) is 2.90. The molecule has 0 saturated heterocycles. The Morgan fingerprint density at radius 2 is 2.21 bits per heavy atom. The fourth-order valence-corrected chi connectivity index (χ4v) is 1.34. The molecule has 2 heterocycles. The molecular formula is C10H10ClNO2. The van der Waals surface area contributed by atoms with Crippen LogP contribution >= 0.6 is 12.4 Å². The Balaban J connectivity index is 0.000000980. The van der Waals surface area contributed by atoms with E-state index in [4.69, 9.17) is 5.11 Å². The van der Waals surface area contributed by atoms with E-state index >= 15 is 0 Å². The van der Waals surface area contributed by atoms with Crippen LogP contribution in [0.25, 0.3) is 0 Å². The van der Waals surface area contributed by atoms with Gasteiger partial charge in [0.15, 0.2) is 0 Å². The summed E-state index contributed by atoms with van der Waals surface area (Å²) in [5, 5.41) is 8.76. The predicted molar refractivity (Wildman–Crippen MR) is 55.8 cm³/mol. The van der Waals surface area contributed by atoms with Crippen LogP contribution in [0.15, 0.2) is 48.0 Å². The van der Waals surface area contributed by atoms with Crippen LogP contribution in [0.1, 0.15) is 6.42 Å². The average molecular weight is 212 g/mol. The second kappa shape index (κ2) is 4.15. The van der Waals surface area contributed by atoms with Crippen LogP contribution in [0.2, 0.25) is 0 Å². The molecule has 0 fully saturated rings. The third-order valence-electron chi connectivity index (χ3n) is 2.02. The minimum atomic E-state index is -0.849. The highest BCUT2D eigenvalue weighted by atomic mass is 35.5. The lowest BCUT2D eigenvalue weighted by atomic mass is 10.1. The van der Waals surface area contributed by atoms with E-state index in [1.807, 2.05) is 35.4 Å². The summed E-state index contributed by atoms with van der Waals surface area (Å²) in [6.07, 6.45) is 11.7. The van der Waals surface area contributed by atoms with Crippen molar-refractivity contribution in [2.45, 2.75) is 6.42 Å². The van der Waals surface area contributed by atoms with Crippen molar-refractivity contribution in [2.75, 3.05) is 0 Å². The van der Waals surface area contributed by atoms with Crippen LogP contribution in [0, 0.1) is 0 Å². The van der Waals surface area contributed by atoms with Crippen LogP contribution in [-0.2, 0) is 4.79 Å². The molecule has 74 valence electrons. The number of carboxylic acids is 1. The standard InChI is InChI=1S/C10H9NO2.ClH/c12-10(13)8-4-5-9-3-1-2-6-11(9)7-8;/h1-3,5-7H,4H2,(H,12,13);1H. The number of carboxylic acid groups (broad SMARTS) is 1. The van der Waals surface area contributed by atoms with Crippen molar-refractivity contribution < 1.29 is 9.90 Å². The zero-order chi connectivity index (χ0) is 9.26. The number of rotatable bonds is 1. The molecule has 0 aromatic carbocycles. The zero-order valence-corrected chi connectivity index (χ0v) is 8.20. The maximum atomic E-state index is 10.7. The summed E-state index contributed by atoms with van der Waals surface area (Å²) < 4.78 is 0. The van der Waals surface area contributed by atoms with Crippen molar-refractivity contribution in [1.29, 1.82) is 0 Å². The molecule has 0 atom stereocenters. The minimum Gasteiger partial charge on any atom is -0.478 e. The minimum absolute atomic E-state index is 0. The topological polar surface area (TPSA) is 40.5 Å². The molecule has 0 amide bonds. The van der Waals surface area contributed by atoms with E-state index in [0.717, 1.165) is 5.70 Å². The van der Waals surface area contributed by atoms with Crippen molar-refractivity contribution in [1.82, 2.24) is 4.90 Å². The van der Waals surface area contributed by atoms with Crippen molar-refractivity contribution in [2.24, 2.45) is 0 Å². The number of allylic oxidation sites excluding steroid dienone is 4. The molecule has 2 aliphatic heterocycles. The van der Waals surface area contributed by atoms with Gasteiger partial charge in [0.25, 0.3) is 0 Å². The monoisotopic (exact) mass is 211 g/mol. The van der Waals surface area contributed by atoms with E-state index in [2.05, 4.69) is 0 Å². The van der Waals surface area contributed by atoms with Gasteiger partial charge in [0.05, 0.1) is 5.57 Å². The van der Waals surface area contributed by atoms with E-state index in [1.165, 1.54) is 0 Å². The van der Waals surface area contributed by atoms with Gasteiger partial charge in [0.1, 0.15) is 0 Å². The van der Waals surface area contributed by atoms with Gasteiger partial charge in [-0.1, -0.05) is 12.2 Å².